The predicted octanol–water partition coefficient (Wildman–Crippen LogP) is 1.95. The van der Waals surface area contributed by atoms with Crippen molar-refractivity contribution in [2.45, 2.75) is 19.3 Å². The van der Waals surface area contributed by atoms with Crippen molar-refractivity contribution in [1.82, 2.24) is 9.55 Å². The van der Waals surface area contributed by atoms with E-state index < -0.39 is 0 Å². The molecule has 6 heteroatoms. The van der Waals surface area contributed by atoms with Crippen molar-refractivity contribution in [2.75, 3.05) is 18.0 Å². The molecule has 1 unspecified atom stereocenters. The molecule has 0 bridgehead atoms. The number of benzene rings is 1. The van der Waals surface area contributed by atoms with E-state index in [9.17, 15) is 14.0 Å². The molecule has 2 aromatic rings. The van der Waals surface area contributed by atoms with Crippen LogP contribution in [0.4, 0.5) is 10.2 Å². The summed E-state index contributed by atoms with van der Waals surface area (Å²) in [6.07, 6.45) is 5.00. The van der Waals surface area contributed by atoms with Gasteiger partial charge in [-0.05, 0) is 30.9 Å². The monoisotopic (exact) mass is 329 g/mol. The van der Waals surface area contributed by atoms with E-state index in [-0.39, 0.29) is 29.6 Å². The second-order valence-corrected chi connectivity index (χ2v) is 6.17. The molecule has 1 atom stereocenters. The summed E-state index contributed by atoms with van der Waals surface area (Å²) in [4.78, 5) is 30.4. The molecule has 0 N–H and O–H groups in total. The number of aromatic nitrogens is 2. The fourth-order valence-corrected chi connectivity index (χ4v) is 3.09. The molecular formula is C18H20FN3O2. The van der Waals surface area contributed by atoms with Crippen LogP contribution in [-0.4, -0.2) is 28.4 Å². The van der Waals surface area contributed by atoms with Gasteiger partial charge < -0.3 is 9.47 Å². The van der Waals surface area contributed by atoms with E-state index >= 15 is 0 Å². The lowest BCUT2D eigenvalue weighted by molar-refractivity contribution is -0.122. The van der Waals surface area contributed by atoms with Crippen LogP contribution in [0.5, 0.6) is 0 Å². The van der Waals surface area contributed by atoms with Gasteiger partial charge >= 0.3 is 0 Å². The number of aryl methyl sites for hydroxylation is 2. The average molecular weight is 329 g/mol. The van der Waals surface area contributed by atoms with E-state index in [1.807, 2.05) is 0 Å². The number of ketones is 1. The number of nitrogens with zero attached hydrogens (tertiary/aromatic N) is 3. The molecule has 0 amide bonds. The summed E-state index contributed by atoms with van der Waals surface area (Å²) in [5.74, 6) is 0.0963. The molecule has 1 aromatic carbocycles. The number of rotatable bonds is 4. The maximum Gasteiger partial charge on any atom is 0.293 e. The highest BCUT2D eigenvalue weighted by atomic mass is 19.1. The first-order valence-electron chi connectivity index (χ1n) is 8.09. The minimum Gasteiger partial charge on any atom is -0.345 e. The Morgan fingerprint density at radius 3 is 2.83 bits per heavy atom. The van der Waals surface area contributed by atoms with E-state index in [1.165, 1.54) is 10.6 Å². The van der Waals surface area contributed by atoms with Crippen molar-refractivity contribution in [3.05, 3.63) is 58.4 Å². The smallest absolute Gasteiger partial charge is 0.293 e. The zero-order chi connectivity index (χ0) is 17.1. The minimum absolute atomic E-state index is 0.0882. The summed E-state index contributed by atoms with van der Waals surface area (Å²) in [5.41, 5.74) is 0.446. The Balaban J connectivity index is 1.63. The predicted molar refractivity (Wildman–Crippen MR) is 89.5 cm³/mol. The average Bonchev–Trinajstić information content (AvgIpc) is 2.57. The standard InChI is InChI=1S/C18H20FN3O2/c1-21-11-9-20-17(18(21)24)22-10-8-14(16(23)12-22)7-6-13-4-2-3-5-15(13)19/h2-5,9,11,14H,6-8,10,12H2,1H3. The normalized spacial score (nSPS) is 18.0. The number of carbonyl (C=O) groups is 1. The first kappa shape index (κ1) is 16.4. The highest BCUT2D eigenvalue weighted by Gasteiger charge is 2.28. The highest BCUT2D eigenvalue weighted by Crippen LogP contribution is 2.22. The van der Waals surface area contributed by atoms with Crippen molar-refractivity contribution in [1.29, 1.82) is 0 Å². The molecule has 0 saturated carbocycles. The maximum absolute atomic E-state index is 13.7. The number of halogens is 1. The van der Waals surface area contributed by atoms with Gasteiger partial charge in [0.05, 0.1) is 6.54 Å². The van der Waals surface area contributed by atoms with Crippen LogP contribution in [0.3, 0.4) is 0 Å². The quantitative estimate of drug-likeness (QED) is 0.860. The summed E-state index contributed by atoms with van der Waals surface area (Å²) >= 11 is 0. The van der Waals surface area contributed by atoms with Crippen LogP contribution in [0, 0.1) is 11.7 Å². The van der Waals surface area contributed by atoms with Crippen LogP contribution in [0.1, 0.15) is 18.4 Å². The van der Waals surface area contributed by atoms with Crippen LogP contribution in [0.25, 0.3) is 0 Å². The van der Waals surface area contributed by atoms with Gasteiger partial charge in [-0.2, -0.15) is 0 Å². The molecular weight excluding hydrogens is 309 g/mol. The Bertz CT molecular complexity index is 803. The van der Waals surface area contributed by atoms with E-state index in [4.69, 9.17) is 0 Å². The third kappa shape index (κ3) is 3.37. The summed E-state index contributed by atoms with van der Waals surface area (Å²) < 4.78 is 15.1. The zero-order valence-corrected chi connectivity index (χ0v) is 13.6. The van der Waals surface area contributed by atoms with Crippen molar-refractivity contribution < 1.29 is 9.18 Å². The lowest BCUT2D eigenvalue weighted by Gasteiger charge is -2.31. The van der Waals surface area contributed by atoms with E-state index in [0.29, 0.717) is 37.2 Å². The molecule has 5 nitrogen and oxygen atoms in total. The Morgan fingerprint density at radius 1 is 1.29 bits per heavy atom. The maximum atomic E-state index is 13.7. The Hall–Kier alpha value is -2.50. The summed E-state index contributed by atoms with van der Waals surface area (Å²) in [6, 6.07) is 6.67. The van der Waals surface area contributed by atoms with Gasteiger partial charge in [0.2, 0.25) is 0 Å². The fraction of sp³-hybridized carbons (Fsp3) is 0.389. The summed E-state index contributed by atoms with van der Waals surface area (Å²) in [7, 11) is 1.66. The number of hydrogen-bond acceptors (Lipinski definition) is 4. The Morgan fingerprint density at radius 2 is 2.08 bits per heavy atom. The number of carbonyl (C=O) groups excluding carboxylic acids is 1. The lowest BCUT2D eigenvalue weighted by Crippen LogP contribution is -2.44. The molecule has 1 saturated heterocycles. The molecule has 0 aliphatic carbocycles. The first-order chi connectivity index (χ1) is 11.6. The van der Waals surface area contributed by atoms with Crippen LogP contribution in [-0.2, 0) is 18.3 Å². The molecule has 1 aliphatic heterocycles. The van der Waals surface area contributed by atoms with Gasteiger partial charge in [-0.25, -0.2) is 9.37 Å². The SMILES string of the molecule is Cn1ccnc(N2CCC(CCc3ccccc3F)C(=O)C2)c1=O. The van der Waals surface area contributed by atoms with Gasteiger partial charge in [0.25, 0.3) is 5.56 Å². The lowest BCUT2D eigenvalue weighted by atomic mass is 9.89. The van der Waals surface area contributed by atoms with Gasteiger partial charge in [0, 0.05) is 31.9 Å². The highest BCUT2D eigenvalue weighted by molar-refractivity contribution is 5.86. The van der Waals surface area contributed by atoms with Crippen molar-refractivity contribution in [2.24, 2.45) is 13.0 Å². The zero-order valence-electron chi connectivity index (χ0n) is 13.6. The largest absolute Gasteiger partial charge is 0.345 e. The second-order valence-electron chi connectivity index (χ2n) is 6.17. The van der Waals surface area contributed by atoms with Crippen LogP contribution in [0.15, 0.2) is 41.5 Å². The van der Waals surface area contributed by atoms with Gasteiger partial charge in [-0.1, -0.05) is 18.2 Å². The molecule has 0 spiro atoms. The van der Waals surface area contributed by atoms with Crippen LogP contribution >= 0.6 is 0 Å². The summed E-state index contributed by atoms with van der Waals surface area (Å²) in [5, 5.41) is 0. The van der Waals surface area contributed by atoms with Crippen molar-refractivity contribution in [3.8, 4) is 0 Å². The van der Waals surface area contributed by atoms with Crippen molar-refractivity contribution in [3.63, 3.8) is 0 Å². The van der Waals surface area contributed by atoms with Gasteiger partial charge in [-0.15, -0.1) is 0 Å². The first-order valence-corrected chi connectivity index (χ1v) is 8.09. The molecule has 1 fully saturated rings. The molecule has 126 valence electrons. The molecule has 0 radical (unpaired) electrons. The van der Waals surface area contributed by atoms with Crippen LogP contribution < -0.4 is 10.5 Å². The Labute approximate surface area is 139 Å². The van der Waals surface area contributed by atoms with E-state index in [1.54, 1.807) is 42.5 Å². The molecule has 3 rings (SSSR count). The molecule has 24 heavy (non-hydrogen) atoms. The third-order valence-electron chi connectivity index (χ3n) is 4.57. The minimum atomic E-state index is -0.223. The fourth-order valence-electron chi connectivity index (χ4n) is 3.09. The number of anilines is 1. The Kier molecular flexibility index (Phi) is 4.74. The summed E-state index contributed by atoms with van der Waals surface area (Å²) in [6.45, 7) is 0.800. The van der Waals surface area contributed by atoms with Crippen molar-refractivity contribution >= 4 is 11.6 Å². The molecule has 1 aromatic heterocycles. The number of piperidine rings is 1. The molecule has 1 aliphatic rings. The van der Waals surface area contributed by atoms with Gasteiger partial charge in [-0.3, -0.25) is 9.59 Å². The number of hydrogen-bond donors (Lipinski definition) is 0. The third-order valence-corrected chi connectivity index (χ3v) is 4.57. The van der Waals surface area contributed by atoms with Crippen LogP contribution in [0.2, 0.25) is 0 Å². The van der Waals surface area contributed by atoms with E-state index in [0.717, 1.165) is 0 Å². The number of Topliss-reactive ketones (excluding diaryl/α,β-unsaturated/α-hetero) is 1. The van der Waals surface area contributed by atoms with Gasteiger partial charge in [0.15, 0.2) is 11.6 Å². The second kappa shape index (κ2) is 6.95. The van der Waals surface area contributed by atoms with E-state index in [2.05, 4.69) is 4.98 Å². The van der Waals surface area contributed by atoms with Gasteiger partial charge in [0.1, 0.15) is 5.82 Å². The molecule has 2 heterocycles. The topological polar surface area (TPSA) is 55.2 Å².